The summed E-state index contributed by atoms with van der Waals surface area (Å²) in [5, 5.41) is 0.717. The van der Waals surface area contributed by atoms with E-state index in [-0.39, 0.29) is 12.4 Å². The number of fused-ring (bicyclic) bond motifs is 1. The van der Waals surface area contributed by atoms with E-state index in [2.05, 4.69) is 4.74 Å². The molecule has 0 fully saturated rings. The third-order valence-corrected chi connectivity index (χ3v) is 3.04. The summed E-state index contributed by atoms with van der Waals surface area (Å²) in [5.41, 5.74) is 5.87. The molecule has 0 bridgehead atoms. The maximum atomic E-state index is 12.0. The number of ether oxygens (including phenoxy) is 2. The Morgan fingerprint density at radius 1 is 1.29 bits per heavy atom. The summed E-state index contributed by atoms with van der Waals surface area (Å²) in [6, 6.07) is 6.62. The average molecular weight is 291 g/mol. The van der Waals surface area contributed by atoms with Gasteiger partial charge in [-0.2, -0.15) is 0 Å². The number of methoxy groups -OCH3 is 1. The Morgan fingerprint density at radius 3 is 2.67 bits per heavy atom. The number of anilines is 1. The summed E-state index contributed by atoms with van der Waals surface area (Å²) in [6.07, 6.45) is 0. The predicted molar refractivity (Wildman–Crippen MR) is 76.7 cm³/mol. The molecule has 0 atom stereocenters. The van der Waals surface area contributed by atoms with E-state index in [1.807, 2.05) is 0 Å². The van der Waals surface area contributed by atoms with Crippen LogP contribution in [-0.2, 0) is 14.3 Å². The zero-order valence-electron chi connectivity index (χ0n) is 12.1. The van der Waals surface area contributed by atoms with Gasteiger partial charge in [-0.25, -0.2) is 4.79 Å². The lowest BCUT2D eigenvalue weighted by atomic mass is 9.95. The molecule has 6 nitrogen and oxygen atoms in total. The highest BCUT2D eigenvalue weighted by Gasteiger charge is 2.31. The van der Waals surface area contributed by atoms with Gasteiger partial charge in [-0.05, 0) is 38.1 Å². The van der Waals surface area contributed by atoms with Crippen molar-refractivity contribution < 1.29 is 23.5 Å². The smallest absolute Gasteiger partial charge is 0.374 e. The quantitative estimate of drug-likeness (QED) is 0.686. The number of carbonyl (C=O) groups excluding carboxylic acids is 2. The van der Waals surface area contributed by atoms with Crippen molar-refractivity contribution in [1.82, 2.24) is 0 Å². The minimum Gasteiger partial charge on any atom is -0.469 e. The number of carbonyl (C=O) groups is 2. The molecule has 0 saturated heterocycles. The number of esters is 2. The second-order valence-corrected chi connectivity index (χ2v) is 5.36. The third kappa shape index (κ3) is 3.16. The van der Waals surface area contributed by atoms with Crippen molar-refractivity contribution in [3.05, 3.63) is 30.0 Å². The maximum absolute atomic E-state index is 12.0. The molecular weight excluding hydrogens is 274 g/mol. The van der Waals surface area contributed by atoms with Gasteiger partial charge in [-0.1, -0.05) is 0 Å². The first-order chi connectivity index (χ1) is 9.83. The molecule has 6 heteroatoms. The van der Waals surface area contributed by atoms with Crippen molar-refractivity contribution in [2.24, 2.45) is 5.41 Å². The number of rotatable bonds is 4. The molecule has 0 aliphatic carbocycles. The molecule has 0 saturated carbocycles. The van der Waals surface area contributed by atoms with Gasteiger partial charge in [0.1, 0.15) is 12.2 Å². The summed E-state index contributed by atoms with van der Waals surface area (Å²) in [5.74, 6) is -1.02. The van der Waals surface area contributed by atoms with E-state index in [1.54, 1.807) is 38.1 Å². The van der Waals surface area contributed by atoms with E-state index >= 15 is 0 Å². The van der Waals surface area contributed by atoms with Gasteiger partial charge in [0.15, 0.2) is 0 Å². The zero-order valence-corrected chi connectivity index (χ0v) is 12.1. The fourth-order valence-corrected chi connectivity index (χ4v) is 1.81. The molecular formula is C15H17NO5. The van der Waals surface area contributed by atoms with Gasteiger partial charge in [0.05, 0.1) is 12.5 Å². The van der Waals surface area contributed by atoms with Crippen molar-refractivity contribution in [1.29, 1.82) is 0 Å². The Morgan fingerprint density at radius 2 is 2.00 bits per heavy atom. The second kappa shape index (κ2) is 5.47. The number of nitrogens with two attached hydrogens (primary N) is 1. The molecule has 2 N–H and O–H groups in total. The second-order valence-electron chi connectivity index (χ2n) is 5.36. The molecule has 1 aromatic carbocycles. The fourth-order valence-electron chi connectivity index (χ4n) is 1.81. The van der Waals surface area contributed by atoms with Crippen LogP contribution in [0.5, 0.6) is 0 Å². The fraction of sp³-hybridized carbons (Fsp3) is 0.333. The molecule has 0 spiro atoms. The largest absolute Gasteiger partial charge is 0.469 e. The van der Waals surface area contributed by atoms with Crippen molar-refractivity contribution in [3.8, 4) is 0 Å². The number of hydrogen-bond acceptors (Lipinski definition) is 6. The molecule has 112 valence electrons. The molecule has 1 aromatic heterocycles. The first kappa shape index (κ1) is 14.9. The van der Waals surface area contributed by atoms with Crippen LogP contribution in [0, 0.1) is 5.41 Å². The number of nitrogen functional groups attached to an aromatic ring is 1. The normalized spacial score (nSPS) is 11.4. The Hall–Kier alpha value is -2.50. The molecule has 0 radical (unpaired) electrons. The van der Waals surface area contributed by atoms with Crippen molar-refractivity contribution >= 4 is 28.6 Å². The van der Waals surface area contributed by atoms with E-state index in [4.69, 9.17) is 14.9 Å². The van der Waals surface area contributed by atoms with Crippen LogP contribution >= 0.6 is 0 Å². The summed E-state index contributed by atoms with van der Waals surface area (Å²) < 4.78 is 15.1. The van der Waals surface area contributed by atoms with Gasteiger partial charge in [-0.15, -0.1) is 0 Å². The Bertz CT molecular complexity index is 686. The highest BCUT2D eigenvalue weighted by atomic mass is 16.6. The Balaban J connectivity index is 2.10. The topological polar surface area (TPSA) is 91.8 Å². The van der Waals surface area contributed by atoms with Crippen LogP contribution in [0.25, 0.3) is 11.0 Å². The highest BCUT2D eigenvalue weighted by Crippen LogP contribution is 2.23. The van der Waals surface area contributed by atoms with E-state index in [1.165, 1.54) is 7.11 Å². The molecule has 2 aromatic rings. The lowest BCUT2D eigenvalue weighted by Gasteiger charge is -2.20. The van der Waals surface area contributed by atoms with Crippen LogP contribution in [0.15, 0.2) is 28.7 Å². The first-order valence-corrected chi connectivity index (χ1v) is 6.38. The van der Waals surface area contributed by atoms with Crippen LogP contribution < -0.4 is 5.73 Å². The van der Waals surface area contributed by atoms with Crippen molar-refractivity contribution in [2.75, 3.05) is 19.5 Å². The minimum absolute atomic E-state index is 0.0660. The molecule has 0 unspecified atom stereocenters. The maximum Gasteiger partial charge on any atom is 0.374 e. The number of benzene rings is 1. The lowest BCUT2D eigenvalue weighted by molar-refractivity contribution is -0.152. The molecule has 1 heterocycles. The van der Waals surface area contributed by atoms with Crippen LogP contribution in [0.3, 0.4) is 0 Å². The van der Waals surface area contributed by atoms with Crippen molar-refractivity contribution in [3.63, 3.8) is 0 Å². The Kier molecular flexibility index (Phi) is 3.88. The first-order valence-electron chi connectivity index (χ1n) is 6.38. The summed E-state index contributed by atoms with van der Waals surface area (Å²) in [7, 11) is 1.29. The zero-order chi connectivity index (χ0) is 15.6. The molecule has 0 aliphatic rings. The van der Waals surface area contributed by atoms with Gasteiger partial charge in [0.2, 0.25) is 5.76 Å². The van der Waals surface area contributed by atoms with Gasteiger partial charge in [0.25, 0.3) is 0 Å². The SMILES string of the molecule is COC(=O)C(C)(C)COC(=O)c1cc2cc(N)ccc2o1. The van der Waals surface area contributed by atoms with E-state index in [9.17, 15) is 9.59 Å². The molecule has 0 aliphatic heterocycles. The molecule has 21 heavy (non-hydrogen) atoms. The summed E-state index contributed by atoms with van der Waals surface area (Å²) >= 11 is 0. The van der Waals surface area contributed by atoms with Gasteiger partial charge < -0.3 is 19.6 Å². The van der Waals surface area contributed by atoms with Gasteiger partial charge >= 0.3 is 11.9 Å². The predicted octanol–water partition coefficient (Wildman–Crippen LogP) is 2.37. The summed E-state index contributed by atoms with van der Waals surface area (Å²) in [4.78, 5) is 23.5. The van der Waals surface area contributed by atoms with E-state index < -0.39 is 17.4 Å². The van der Waals surface area contributed by atoms with Gasteiger partial charge in [0, 0.05) is 11.1 Å². The minimum atomic E-state index is -0.916. The van der Waals surface area contributed by atoms with Crippen LogP contribution in [0.2, 0.25) is 0 Å². The van der Waals surface area contributed by atoms with Gasteiger partial charge in [-0.3, -0.25) is 4.79 Å². The Labute approximate surface area is 121 Å². The van der Waals surface area contributed by atoms with Crippen molar-refractivity contribution in [2.45, 2.75) is 13.8 Å². The van der Waals surface area contributed by atoms with Crippen LogP contribution in [0.1, 0.15) is 24.4 Å². The third-order valence-electron chi connectivity index (χ3n) is 3.04. The molecule has 2 rings (SSSR count). The average Bonchev–Trinajstić information content (AvgIpc) is 2.86. The summed E-state index contributed by atoms with van der Waals surface area (Å²) in [6.45, 7) is 3.16. The number of furan rings is 1. The molecule has 0 amide bonds. The van der Waals surface area contributed by atoms with E-state index in [0.29, 0.717) is 16.7 Å². The number of hydrogen-bond donors (Lipinski definition) is 1. The van der Waals surface area contributed by atoms with Crippen LogP contribution in [-0.4, -0.2) is 25.7 Å². The highest BCUT2D eigenvalue weighted by molar-refractivity contribution is 5.93. The standard InChI is InChI=1S/C15H17NO5/c1-15(2,14(18)19-3)8-20-13(17)12-7-9-6-10(16)4-5-11(9)21-12/h4-7H,8,16H2,1-3H3. The van der Waals surface area contributed by atoms with E-state index in [0.717, 1.165) is 0 Å². The van der Waals surface area contributed by atoms with Crippen LogP contribution in [0.4, 0.5) is 5.69 Å². The lowest BCUT2D eigenvalue weighted by Crippen LogP contribution is -2.31. The monoisotopic (exact) mass is 291 g/mol.